The molecule has 0 aliphatic rings. The number of oxazole rings is 1. The Balaban J connectivity index is 2.56. The zero-order chi connectivity index (χ0) is 11.7. The van der Waals surface area contributed by atoms with E-state index >= 15 is 0 Å². The van der Waals surface area contributed by atoms with Crippen LogP contribution < -0.4 is 5.76 Å². The van der Waals surface area contributed by atoms with Crippen LogP contribution in [0.5, 0.6) is 0 Å². The standard InChI is InChI=1S/C11H9NO4/c1-12-8-3-2-7(9(14)4-5-13)6-10(8)16-11(12)15/h2-3,5-6H,4H2,1H3. The molecule has 0 atom stereocenters. The molecule has 0 N–H and O–H groups in total. The SMILES string of the molecule is Cn1c(=O)oc2cc(C(=O)CC=O)ccc21. The quantitative estimate of drug-likeness (QED) is 0.437. The van der Waals surface area contributed by atoms with Gasteiger partial charge < -0.3 is 9.21 Å². The molecule has 5 heteroatoms. The van der Waals surface area contributed by atoms with E-state index in [4.69, 9.17) is 4.42 Å². The lowest BCUT2D eigenvalue weighted by atomic mass is 10.1. The lowest BCUT2D eigenvalue weighted by Gasteiger charge is -1.96. The van der Waals surface area contributed by atoms with E-state index in [9.17, 15) is 14.4 Å². The highest BCUT2D eigenvalue weighted by atomic mass is 16.4. The van der Waals surface area contributed by atoms with Gasteiger partial charge in [-0.05, 0) is 18.2 Å². The Morgan fingerprint density at radius 3 is 2.94 bits per heavy atom. The Hall–Kier alpha value is -2.17. The molecule has 0 amide bonds. The predicted octanol–water partition coefficient (Wildman–Crippen LogP) is 0.903. The highest BCUT2D eigenvalue weighted by Gasteiger charge is 2.10. The second-order valence-corrected chi connectivity index (χ2v) is 3.40. The first-order valence-electron chi connectivity index (χ1n) is 4.70. The van der Waals surface area contributed by atoms with E-state index in [0.717, 1.165) is 0 Å². The highest BCUT2D eigenvalue weighted by molar-refractivity contribution is 6.04. The fraction of sp³-hybridized carbons (Fsp3) is 0.182. The summed E-state index contributed by atoms with van der Waals surface area (Å²) in [4.78, 5) is 32.8. The Bertz CT molecular complexity index is 620. The molecule has 0 radical (unpaired) electrons. The van der Waals surface area contributed by atoms with Crippen LogP contribution in [0.4, 0.5) is 0 Å². The minimum absolute atomic E-state index is 0.164. The number of aryl methyl sites for hydroxylation is 1. The first kappa shape index (κ1) is 10.4. The van der Waals surface area contributed by atoms with Crippen molar-refractivity contribution < 1.29 is 14.0 Å². The van der Waals surface area contributed by atoms with Crippen molar-refractivity contribution in [3.05, 3.63) is 34.3 Å². The molecule has 82 valence electrons. The van der Waals surface area contributed by atoms with Crippen LogP contribution in [0.1, 0.15) is 16.8 Å². The number of ketones is 1. The van der Waals surface area contributed by atoms with E-state index in [1.165, 1.54) is 10.6 Å². The molecule has 0 aliphatic carbocycles. The number of fused-ring (bicyclic) bond motifs is 1. The van der Waals surface area contributed by atoms with Crippen LogP contribution >= 0.6 is 0 Å². The number of aromatic nitrogens is 1. The second kappa shape index (κ2) is 3.77. The van der Waals surface area contributed by atoms with Crippen LogP contribution in [-0.4, -0.2) is 16.6 Å². The first-order valence-corrected chi connectivity index (χ1v) is 4.70. The summed E-state index contributed by atoms with van der Waals surface area (Å²) >= 11 is 0. The summed E-state index contributed by atoms with van der Waals surface area (Å²) in [5, 5.41) is 0. The van der Waals surface area contributed by atoms with Crippen molar-refractivity contribution in [1.29, 1.82) is 0 Å². The van der Waals surface area contributed by atoms with Crippen molar-refractivity contribution in [2.45, 2.75) is 6.42 Å². The third kappa shape index (κ3) is 1.56. The molecular weight excluding hydrogens is 210 g/mol. The monoisotopic (exact) mass is 219 g/mol. The predicted molar refractivity (Wildman–Crippen MR) is 56.5 cm³/mol. The van der Waals surface area contributed by atoms with Gasteiger partial charge in [0.05, 0.1) is 11.9 Å². The van der Waals surface area contributed by atoms with Crippen LogP contribution in [-0.2, 0) is 11.8 Å². The molecular formula is C11H9NO4. The topological polar surface area (TPSA) is 69.3 Å². The summed E-state index contributed by atoms with van der Waals surface area (Å²) in [7, 11) is 1.58. The van der Waals surface area contributed by atoms with Gasteiger partial charge in [0.15, 0.2) is 11.4 Å². The molecule has 0 bridgehead atoms. The van der Waals surface area contributed by atoms with Crippen molar-refractivity contribution in [2.24, 2.45) is 7.05 Å². The van der Waals surface area contributed by atoms with Crippen molar-refractivity contribution in [3.63, 3.8) is 0 Å². The Labute approximate surface area is 90.3 Å². The van der Waals surface area contributed by atoms with Gasteiger partial charge >= 0.3 is 5.76 Å². The number of hydrogen-bond donors (Lipinski definition) is 0. The minimum atomic E-state index is -0.477. The largest absolute Gasteiger partial charge is 0.419 e. The first-order chi connectivity index (χ1) is 7.63. The van der Waals surface area contributed by atoms with Gasteiger partial charge in [-0.1, -0.05) is 0 Å². The summed E-state index contributed by atoms with van der Waals surface area (Å²) < 4.78 is 6.28. The van der Waals surface area contributed by atoms with Gasteiger partial charge in [0, 0.05) is 12.6 Å². The maximum absolute atomic E-state index is 11.4. The molecule has 2 aromatic rings. The Morgan fingerprint density at radius 2 is 2.25 bits per heavy atom. The number of benzene rings is 1. The van der Waals surface area contributed by atoms with Gasteiger partial charge in [-0.3, -0.25) is 9.36 Å². The fourth-order valence-corrected chi connectivity index (χ4v) is 1.50. The van der Waals surface area contributed by atoms with Crippen molar-refractivity contribution >= 4 is 23.2 Å². The summed E-state index contributed by atoms with van der Waals surface area (Å²) in [6.07, 6.45) is 0.385. The number of hydrogen-bond acceptors (Lipinski definition) is 4. The van der Waals surface area contributed by atoms with Crippen LogP contribution in [0.25, 0.3) is 11.1 Å². The van der Waals surface area contributed by atoms with Gasteiger partial charge in [-0.25, -0.2) is 4.79 Å². The molecule has 1 aromatic carbocycles. The van der Waals surface area contributed by atoms with Crippen LogP contribution in [0.15, 0.2) is 27.4 Å². The van der Waals surface area contributed by atoms with Crippen molar-refractivity contribution in [2.75, 3.05) is 0 Å². The van der Waals surface area contributed by atoms with Gasteiger partial charge in [0.25, 0.3) is 0 Å². The second-order valence-electron chi connectivity index (χ2n) is 3.40. The lowest BCUT2D eigenvalue weighted by molar-refractivity contribution is -0.107. The summed E-state index contributed by atoms with van der Waals surface area (Å²) in [5.41, 5.74) is 1.34. The van der Waals surface area contributed by atoms with Crippen LogP contribution in [0, 0.1) is 0 Å². The number of aldehydes is 1. The third-order valence-electron chi connectivity index (χ3n) is 2.38. The molecule has 0 unspecified atom stereocenters. The van der Waals surface area contributed by atoms with Crippen molar-refractivity contribution in [3.8, 4) is 0 Å². The molecule has 0 fully saturated rings. The van der Waals surface area contributed by atoms with Gasteiger partial charge in [-0.15, -0.1) is 0 Å². The molecule has 0 aliphatic heterocycles. The Kier molecular flexibility index (Phi) is 2.44. The normalized spacial score (nSPS) is 10.6. The molecule has 5 nitrogen and oxygen atoms in total. The Morgan fingerprint density at radius 1 is 1.50 bits per heavy atom. The van der Waals surface area contributed by atoms with E-state index in [0.29, 0.717) is 22.9 Å². The molecule has 0 saturated heterocycles. The summed E-state index contributed by atoms with van der Waals surface area (Å²) in [5.74, 6) is -0.765. The summed E-state index contributed by atoms with van der Waals surface area (Å²) in [6, 6.07) is 4.67. The molecule has 0 spiro atoms. The molecule has 1 heterocycles. The molecule has 2 rings (SSSR count). The minimum Gasteiger partial charge on any atom is -0.408 e. The van der Waals surface area contributed by atoms with E-state index in [2.05, 4.69) is 0 Å². The summed E-state index contributed by atoms with van der Waals surface area (Å²) in [6.45, 7) is 0. The molecule has 16 heavy (non-hydrogen) atoms. The third-order valence-corrected chi connectivity index (χ3v) is 2.38. The van der Waals surface area contributed by atoms with E-state index in [-0.39, 0.29) is 12.2 Å². The highest BCUT2D eigenvalue weighted by Crippen LogP contribution is 2.15. The number of rotatable bonds is 3. The van der Waals surface area contributed by atoms with Crippen LogP contribution in [0.2, 0.25) is 0 Å². The number of nitrogens with zero attached hydrogens (tertiary/aromatic N) is 1. The average molecular weight is 219 g/mol. The maximum atomic E-state index is 11.4. The van der Waals surface area contributed by atoms with Crippen LogP contribution in [0.3, 0.4) is 0 Å². The van der Waals surface area contributed by atoms with Gasteiger partial charge in [0.2, 0.25) is 0 Å². The average Bonchev–Trinajstić information content (AvgIpc) is 2.55. The van der Waals surface area contributed by atoms with Crippen molar-refractivity contribution in [1.82, 2.24) is 4.57 Å². The van der Waals surface area contributed by atoms with E-state index in [1.54, 1.807) is 19.2 Å². The van der Waals surface area contributed by atoms with Gasteiger partial charge in [-0.2, -0.15) is 0 Å². The van der Waals surface area contributed by atoms with Gasteiger partial charge in [0.1, 0.15) is 6.29 Å². The fourth-order valence-electron chi connectivity index (χ4n) is 1.50. The smallest absolute Gasteiger partial charge is 0.408 e. The number of Topliss-reactive ketones (excluding diaryl/α,β-unsaturated/α-hetero) is 1. The van der Waals surface area contributed by atoms with E-state index in [1.807, 2.05) is 0 Å². The zero-order valence-corrected chi connectivity index (χ0v) is 8.60. The molecule has 1 aromatic heterocycles. The number of carbonyl (C=O) groups is 2. The zero-order valence-electron chi connectivity index (χ0n) is 8.60. The maximum Gasteiger partial charge on any atom is 0.419 e. The van der Waals surface area contributed by atoms with E-state index < -0.39 is 5.76 Å². The molecule has 0 saturated carbocycles. The number of carbonyl (C=O) groups excluding carboxylic acids is 2. The lowest BCUT2D eigenvalue weighted by Crippen LogP contribution is -2.08.